The quantitative estimate of drug-likeness (QED) is 0.804. The molecule has 1 N–H and O–H groups in total. The lowest BCUT2D eigenvalue weighted by atomic mass is 10.2. The van der Waals surface area contributed by atoms with Crippen LogP contribution >= 0.6 is 0 Å². The van der Waals surface area contributed by atoms with Crippen LogP contribution in [0.4, 0.5) is 4.39 Å². The predicted molar refractivity (Wildman–Crippen MR) is 69.7 cm³/mol. The highest BCUT2D eigenvalue weighted by Crippen LogP contribution is 2.16. The second-order valence-electron chi connectivity index (χ2n) is 4.74. The van der Waals surface area contributed by atoms with E-state index < -0.39 is 11.9 Å². The van der Waals surface area contributed by atoms with Crippen molar-refractivity contribution in [2.75, 3.05) is 6.54 Å². The van der Waals surface area contributed by atoms with Gasteiger partial charge in [-0.05, 0) is 25.0 Å². The Bertz CT molecular complexity index is 460. The molecule has 1 aromatic rings. The third-order valence-corrected chi connectivity index (χ3v) is 2.40. The van der Waals surface area contributed by atoms with Crippen LogP contribution in [0.1, 0.15) is 31.1 Å². The van der Waals surface area contributed by atoms with Crippen molar-refractivity contribution in [3.63, 3.8) is 0 Å². The molecule has 0 saturated carbocycles. The van der Waals surface area contributed by atoms with Gasteiger partial charge in [-0.25, -0.2) is 4.39 Å². The van der Waals surface area contributed by atoms with Crippen molar-refractivity contribution in [1.29, 1.82) is 0 Å². The summed E-state index contributed by atoms with van der Waals surface area (Å²) >= 11 is 0. The van der Waals surface area contributed by atoms with Crippen LogP contribution in [0.2, 0.25) is 0 Å². The molecular formula is C14H18FNO3. The first kappa shape index (κ1) is 15.1. The van der Waals surface area contributed by atoms with E-state index in [1.807, 2.05) is 13.8 Å². The normalized spacial score (nSPS) is 12.1. The number of rotatable bonds is 6. The van der Waals surface area contributed by atoms with E-state index in [2.05, 4.69) is 5.32 Å². The number of carbonyl (C=O) groups is 2. The highest BCUT2D eigenvalue weighted by atomic mass is 19.1. The lowest BCUT2D eigenvalue weighted by Gasteiger charge is -2.16. The Morgan fingerprint density at radius 2 is 2.05 bits per heavy atom. The van der Waals surface area contributed by atoms with Gasteiger partial charge in [0.1, 0.15) is 17.9 Å². The minimum Gasteiger partial charge on any atom is -0.481 e. The van der Waals surface area contributed by atoms with Gasteiger partial charge in [-0.15, -0.1) is 0 Å². The van der Waals surface area contributed by atoms with Crippen molar-refractivity contribution in [2.45, 2.75) is 26.9 Å². The summed E-state index contributed by atoms with van der Waals surface area (Å²) in [7, 11) is 0. The molecule has 0 spiro atoms. The van der Waals surface area contributed by atoms with E-state index in [9.17, 15) is 14.0 Å². The lowest BCUT2D eigenvalue weighted by Crippen LogP contribution is -2.38. The maximum atomic E-state index is 13.2. The summed E-state index contributed by atoms with van der Waals surface area (Å²) in [6, 6.07) is 3.63. The fourth-order valence-electron chi connectivity index (χ4n) is 1.43. The molecule has 1 unspecified atom stereocenters. The zero-order valence-electron chi connectivity index (χ0n) is 11.3. The Morgan fingerprint density at radius 1 is 1.37 bits per heavy atom. The van der Waals surface area contributed by atoms with E-state index in [0.717, 1.165) is 12.1 Å². The van der Waals surface area contributed by atoms with E-state index >= 15 is 0 Å². The molecule has 0 bridgehead atoms. The van der Waals surface area contributed by atoms with Crippen LogP contribution in [0.15, 0.2) is 18.2 Å². The van der Waals surface area contributed by atoms with Gasteiger partial charge in [0.25, 0.3) is 5.91 Å². The molecule has 1 amide bonds. The van der Waals surface area contributed by atoms with Gasteiger partial charge in [0, 0.05) is 18.2 Å². The second-order valence-corrected chi connectivity index (χ2v) is 4.74. The van der Waals surface area contributed by atoms with Crippen molar-refractivity contribution in [3.8, 4) is 5.75 Å². The van der Waals surface area contributed by atoms with Crippen molar-refractivity contribution in [2.24, 2.45) is 5.92 Å². The monoisotopic (exact) mass is 267 g/mol. The third-order valence-electron chi connectivity index (χ3n) is 2.40. The Labute approximate surface area is 112 Å². The number of aldehydes is 1. The first-order valence-electron chi connectivity index (χ1n) is 6.12. The van der Waals surface area contributed by atoms with Crippen molar-refractivity contribution < 1.29 is 18.7 Å². The summed E-state index contributed by atoms with van der Waals surface area (Å²) in [5.41, 5.74) is 0.171. The molecule has 0 saturated heterocycles. The molecule has 0 aliphatic carbocycles. The van der Waals surface area contributed by atoms with Crippen LogP contribution in [-0.2, 0) is 4.79 Å². The highest BCUT2D eigenvalue weighted by molar-refractivity contribution is 5.81. The fraction of sp³-hybridized carbons (Fsp3) is 0.429. The van der Waals surface area contributed by atoms with Crippen LogP contribution in [0.25, 0.3) is 0 Å². The number of hydrogen-bond acceptors (Lipinski definition) is 3. The van der Waals surface area contributed by atoms with Gasteiger partial charge in [0.2, 0.25) is 0 Å². The van der Waals surface area contributed by atoms with E-state index in [-0.39, 0.29) is 17.2 Å². The zero-order chi connectivity index (χ0) is 14.4. The highest BCUT2D eigenvalue weighted by Gasteiger charge is 2.15. The molecule has 0 aromatic heterocycles. The first-order valence-corrected chi connectivity index (χ1v) is 6.12. The molecule has 4 nitrogen and oxygen atoms in total. The number of ether oxygens (including phenoxy) is 1. The predicted octanol–water partition coefficient (Wildman–Crippen LogP) is 2.18. The summed E-state index contributed by atoms with van der Waals surface area (Å²) < 4.78 is 18.5. The van der Waals surface area contributed by atoms with Crippen LogP contribution in [0.5, 0.6) is 5.75 Å². The Balaban J connectivity index is 2.65. The molecule has 1 aromatic carbocycles. The third kappa shape index (κ3) is 5.07. The van der Waals surface area contributed by atoms with Gasteiger partial charge in [-0.1, -0.05) is 13.8 Å². The standard InChI is InChI=1S/C14H18FNO3/c1-9(2)7-16-14(18)10(3)19-13-5-11(8-17)4-12(15)6-13/h4-6,8-10H,7H2,1-3H3,(H,16,18). The number of nitrogens with one attached hydrogen (secondary N) is 1. The van der Waals surface area contributed by atoms with Gasteiger partial charge in [-0.2, -0.15) is 0 Å². The largest absolute Gasteiger partial charge is 0.481 e. The maximum Gasteiger partial charge on any atom is 0.260 e. The Morgan fingerprint density at radius 3 is 2.63 bits per heavy atom. The molecule has 0 fully saturated rings. The molecule has 104 valence electrons. The first-order chi connectivity index (χ1) is 8.92. The summed E-state index contributed by atoms with van der Waals surface area (Å²) in [4.78, 5) is 22.3. The van der Waals surface area contributed by atoms with Crippen LogP contribution in [0, 0.1) is 11.7 Å². The molecule has 0 aliphatic heterocycles. The average Bonchev–Trinajstić information content (AvgIpc) is 2.34. The van der Waals surface area contributed by atoms with E-state index in [0.29, 0.717) is 18.7 Å². The number of carbonyl (C=O) groups excluding carboxylic acids is 2. The average molecular weight is 267 g/mol. The minimum atomic E-state index is -0.750. The van der Waals surface area contributed by atoms with Crippen molar-refractivity contribution >= 4 is 12.2 Å². The van der Waals surface area contributed by atoms with Crippen LogP contribution in [0.3, 0.4) is 0 Å². The number of benzene rings is 1. The SMILES string of the molecule is CC(C)CNC(=O)C(C)Oc1cc(F)cc(C=O)c1. The van der Waals surface area contributed by atoms with Crippen molar-refractivity contribution in [1.82, 2.24) is 5.32 Å². The molecule has 5 heteroatoms. The molecule has 0 aliphatic rings. The van der Waals surface area contributed by atoms with Gasteiger partial charge in [-0.3, -0.25) is 9.59 Å². The van der Waals surface area contributed by atoms with Gasteiger partial charge in [0.05, 0.1) is 0 Å². The van der Waals surface area contributed by atoms with Gasteiger partial charge < -0.3 is 10.1 Å². The molecule has 1 rings (SSSR count). The van der Waals surface area contributed by atoms with Crippen molar-refractivity contribution in [3.05, 3.63) is 29.6 Å². The van der Waals surface area contributed by atoms with Crippen LogP contribution < -0.4 is 10.1 Å². The number of amides is 1. The van der Waals surface area contributed by atoms with E-state index in [1.165, 1.54) is 6.07 Å². The van der Waals surface area contributed by atoms with Gasteiger partial charge in [0.15, 0.2) is 6.10 Å². The minimum absolute atomic E-state index is 0.161. The lowest BCUT2D eigenvalue weighted by molar-refractivity contribution is -0.127. The fourth-order valence-corrected chi connectivity index (χ4v) is 1.43. The molecule has 1 atom stereocenters. The molecular weight excluding hydrogens is 249 g/mol. The second kappa shape index (κ2) is 6.87. The number of halogens is 1. The number of hydrogen-bond donors (Lipinski definition) is 1. The van der Waals surface area contributed by atoms with E-state index in [1.54, 1.807) is 6.92 Å². The summed E-state index contributed by atoms with van der Waals surface area (Å²) in [6.07, 6.45) is -0.223. The summed E-state index contributed by atoms with van der Waals surface area (Å²) in [6.45, 7) is 6.08. The van der Waals surface area contributed by atoms with Crippen LogP contribution in [-0.4, -0.2) is 24.8 Å². The Kier molecular flexibility index (Phi) is 5.48. The summed E-state index contributed by atoms with van der Waals surface area (Å²) in [5.74, 6) is -0.346. The van der Waals surface area contributed by atoms with E-state index in [4.69, 9.17) is 4.74 Å². The summed E-state index contributed by atoms with van der Waals surface area (Å²) in [5, 5.41) is 2.72. The molecule has 0 radical (unpaired) electrons. The molecule has 0 heterocycles. The molecule has 19 heavy (non-hydrogen) atoms. The maximum absolute atomic E-state index is 13.2. The van der Waals surface area contributed by atoms with Gasteiger partial charge >= 0.3 is 0 Å². The topological polar surface area (TPSA) is 55.4 Å². The smallest absolute Gasteiger partial charge is 0.260 e. The Hall–Kier alpha value is -1.91. The zero-order valence-corrected chi connectivity index (χ0v) is 11.3.